The van der Waals surface area contributed by atoms with Crippen LogP contribution in [0.15, 0.2) is 152 Å². The van der Waals surface area contributed by atoms with Gasteiger partial charge in [0.05, 0.1) is 11.0 Å². The molecule has 0 amide bonds. The smallest absolute Gasteiger partial charge is 0.0547 e. The van der Waals surface area contributed by atoms with E-state index in [4.69, 9.17) is 0 Å². The average Bonchev–Trinajstić information content (AvgIpc) is 3.55. The molecule has 1 heterocycles. The highest BCUT2D eigenvalue weighted by molar-refractivity contribution is 6.13. The summed E-state index contributed by atoms with van der Waals surface area (Å²) in [7, 11) is 0. The molecule has 0 saturated heterocycles. The molecule has 0 spiro atoms. The molecule has 0 N–H and O–H groups in total. The number of nitrogens with zero attached hydrogens (tertiary/aromatic N) is 2. The fraction of sp³-hybridized carbons (Fsp3) is 0.149. The van der Waals surface area contributed by atoms with Crippen LogP contribution < -0.4 is 4.90 Å². The number of fused-ring (bicyclic) bond motifs is 7. The largest absolute Gasteiger partial charge is 0.310 e. The number of benzene rings is 7. The van der Waals surface area contributed by atoms with Crippen LogP contribution in [0.3, 0.4) is 0 Å². The first-order valence-corrected chi connectivity index (χ1v) is 17.4. The summed E-state index contributed by atoms with van der Waals surface area (Å²) in [6.07, 6.45) is 0. The Morgan fingerprint density at radius 2 is 1.08 bits per heavy atom. The fourth-order valence-corrected chi connectivity index (χ4v) is 8.06. The molecule has 2 heteroatoms. The summed E-state index contributed by atoms with van der Waals surface area (Å²) in [5.74, 6) is 0. The number of rotatable bonds is 4. The van der Waals surface area contributed by atoms with Crippen molar-refractivity contribution >= 4 is 49.6 Å². The lowest BCUT2D eigenvalue weighted by molar-refractivity contribution is 0.590. The summed E-state index contributed by atoms with van der Waals surface area (Å²) < 4.78 is 2.46. The van der Waals surface area contributed by atoms with Crippen LogP contribution in [0.4, 0.5) is 17.1 Å². The minimum atomic E-state index is -0.180. The standard InChI is InChI=1S/C47H40N2/c1-46(2,3)33-19-21-35(22-20-33)48(34-15-7-6-8-16-34)36-23-25-38-39-26-24-37(30-43(39)47(4,5)42(38)29-36)49-44-18-12-11-17-40(44)41-27-31-13-9-10-14-32(31)28-45(41)49/h6-30H,1-5H3. The van der Waals surface area contributed by atoms with Crippen molar-refractivity contribution in [1.82, 2.24) is 4.57 Å². The lowest BCUT2D eigenvalue weighted by atomic mass is 9.82. The van der Waals surface area contributed by atoms with E-state index in [1.165, 1.54) is 71.8 Å². The predicted octanol–water partition coefficient (Wildman–Crippen LogP) is 13.0. The monoisotopic (exact) mass is 632 g/mol. The van der Waals surface area contributed by atoms with Crippen LogP contribution in [-0.2, 0) is 10.8 Å². The minimum Gasteiger partial charge on any atom is -0.310 e. The molecule has 0 bridgehead atoms. The van der Waals surface area contributed by atoms with Crippen LogP contribution in [0.5, 0.6) is 0 Å². The first-order chi connectivity index (χ1) is 23.7. The molecule has 238 valence electrons. The van der Waals surface area contributed by atoms with Crippen molar-refractivity contribution in [3.05, 3.63) is 168 Å². The first-order valence-electron chi connectivity index (χ1n) is 17.4. The van der Waals surface area contributed by atoms with E-state index >= 15 is 0 Å². The Balaban J connectivity index is 1.18. The van der Waals surface area contributed by atoms with Crippen molar-refractivity contribution in [3.8, 4) is 16.8 Å². The van der Waals surface area contributed by atoms with Gasteiger partial charge in [-0.2, -0.15) is 0 Å². The summed E-state index contributed by atoms with van der Waals surface area (Å²) in [4.78, 5) is 2.39. The van der Waals surface area contributed by atoms with Crippen LogP contribution in [0.25, 0.3) is 49.4 Å². The van der Waals surface area contributed by atoms with Crippen LogP contribution in [-0.4, -0.2) is 4.57 Å². The summed E-state index contributed by atoms with van der Waals surface area (Å²) in [5, 5.41) is 5.11. The van der Waals surface area contributed by atoms with Crippen LogP contribution >= 0.6 is 0 Å². The lowest BCUT2D eigenvalue weighted by Crippen LogP contribution is -2.17. The average molecular weight is 633 g/mol. The van der Waals surface area contributed by atoms with E-state index in [9.17, 15) is 0 Å². The lowest BCUT2D eigenvalue weighted by Gasteiger charge is -2.29. The minimum absolute atomic E-state index is 0.103. The van der Waals surface area contributed by atoms with Gasteiger partial charge in [0.25, 0.3) is 0 Å². The van der Waals surface area contributed by atoms with Crippen molar-refractivity contribution in [1.29, 1.82) is 0 Å². The molecule has 1 aromatic heterocycles. The SMILES string of the molecule is CC(C)(C)c1ccc(N(c2ccccc2)c2ccc3c(c2)C(C)(C)c2cc(-n4c5ccccc5c5cc6ccccc6cc54)ccc2-3)cc1. The molecule has 7 aromatic carbocycles. The second-order valence-electron chi connectivity index (χ2n) is 15.1. The molecule has 1 aliphatic rings. The molecule has 2 nitrogen and oxygen atoms in total. The fourth-order valence-electron chi connectivity index (χ4n) is 8.06. The number of aromatic nitrogens is 1. The molecular weight excluding hydrogens is 593 g/mol. The Hall–Kier alpha value is -5.60. The van der Waals surface area contributed by atoms with Gasteiger partial charge in [0.15, 0.2) is 0 Å². The van der Waals surface area contributed by atoms with Gasteiger partial charge < -0.3 is 9.47 Å². The van der Waals surface area contributed by atoms with Gasteiger partial charge in [0.1, 0.15) is 0 Å². The molecule has 0 radical (unpaired) electrons. The Kier molecular flexibility index (Phi) is 6.45. The Bertz CT molecular complexity index is 2540. The first kappa shape index (κ1) is 29.5. The zero-order valence-electron chi connectivity index (χ0n) is 28.8. The number of hydrogen-bond donors (Lipinski definition) is 0. The van der Waals surface area contributed by atoms with Gasteiger partial charge in [-0.15, -0.1) is 0 Å². The maximum absolute atomic E-state index is 2.46. The normalized spacial score (nSPS) is 13.6. The zero-order valence-corrected chi connectivity index (χ0v) is 28.8. The van der Waals surface area contributed by atoms with E-state index in [1.807, 2.05) is 0 Å². The van der Waals surface area contributed by atoms with Gasteiger partial charge in [0, 0.05) is 38.9 Å². The highest BCUT2D eigenvalue weighted by Gasteiger charge is 2.36. The van der Waals surface area contributed by atoms with Crippen LogP contribution in [0.1, 0.15) is 51.3 Å². The quantitative estimate of drug-likeness (QED) is 0.187. The van der Waals surface area contributed by atoms with Gasteiger partial charge in [-0.05, 0) is 111 Å². The Morgan fingerprint density at radius 1 is 0.490 bits per heavy atom. The molecule has 0 saturated carbocycles. The predicted molar refractivity (Wildman–Crippen MR) is 209 cm³/mol. The highest BCUT2D eigenvalue weighted by Crippen LogP contribution is 2.51. The third-order valence-electron chi connectivity index (χ3n) is 10.7. The maximum atomic E-state index is 2.46. The second-order valence-corrected chi connectivity index (χ2v) is 15.1. The van der Waals surface area contributed by atoms with Crippen LogP contribution in [0, 0.1) is 0 Å². The molecule has 0 atom stereocenters. The Morgan fingerprint density at radius 3 is 1.82 bits per heavy atom. The number of para-hydroxylation sites is 2. The zero-order chi connectivity index (χ0) is 33.5. The van der Waals surface area contributed by atoms with Gasteiger partial charge in [-0.3, -0.25) is 0 Å². The molecule has 1 aliphatic carbocycles. The van der Waals surface area contributed by atoms with Crippen molar-refractivity contribution in [2.75, 3.05) is 4.90 Å². The summed E-state index contributed by atoms with van der Waals surface area (Å²) in [6, 6.07) is 56.2. The van der Waals surface area contributed by atoms with Crippen molar-refractivity contribution in [2.45, 2.75) is 45.4 Å². The molecule has 0 unspecified atom stereocenters. The molecule has 0 aliphatic heterocycles. The topological polar surface area (TPSA) is 8.17 Å². The van der Waals surface area contributed by atoms with E-state index in [1.54, 1.807) is 0 Å². The van der Waals surface area contributed by atoms with E-state index in [-0.39, 0.29) is 10.8 Å². The Labute approximate surface area is 288 Å². The summed E-state index contributed by atoms with van der Waals surface area (Å²) in [5.41, 5.74) is 13.8. The maximum Gasteiger partial charge on any atom is 0.0547 e. The summed E-state index contributed by atoms with van der Waals surface area (Å²) >= 11 is 0. The third kappa shape index (κ3) is 4.62. The van der Waals surface area contributed by atoms with E-state index in [0.717, 1.165) is 11.4 Å². The molecule has 8 aromatic rings. The van der Waals surface area contributed by atoms with Crippen LogP contribution in [0.2, 0.25) is 0 Å². The molecule has 9 rings (SSSR count). The number of hydrogen-bond acceptors (Lipinski definition) is 1. The van der Waals surface area contributed by atoms with Gasteiger partial charge in [-0.25, -0.2) is 0 Å². The van der Waals surface area contributed by atoms with Crippen molar-refractivity contribution < 1.29 is 0 Å². The summed E-state index contributed by atoms with van der Waals surface area (Å²) in [6.45, 7) is 11.6. The van der Waals surface area contributed by atoms with E-state index < -0.39 is 0 Å². The van der Waals surface area contributed by atoms with Crippen molar-refractivity contribution in [3.63, 3.8) is 0 Å². The van der Waals surface area contributed by atoms with Gasteiger partial charge in [-0.1, -0.05) is 120 Å². The van der Waals surface area contributed by atoms with Gasteiger partial charge >= 0.3 is 0 Å². The third-order valence-corrected chi connectivity index (χ3v) is 10.7. The van der Waals surface area contributed by atoms with E-state index in [2.05, 4.69) is 196 Å². The molecule has 49 heavy (non-hydrogen) atoms. The highest BCUT2D eigenvalue weighted by atomic mass is 15.1. The number of anilines is 3. The van der Waals surface area contributed by atoms with Gasteiger partial charge in [0.2, 0.25) is 0 Å². The van der Waals surface area contributed by atoms with Crippen molar-refractivity contribution in [2.24, 2.45) is 0 Å². The van der Waals surface area contributed by atoms with E-state index in [0.29, 0.717) is 0 Å². The molecular formula is C47H40N2. The molecule has 0 fully saturated rings. The second kappa shape index (κ2) is 10.7.